The van der Waals surface area contributed by atoms with Gasteiger partial charge in [0.05, 0.1) is 0 Å². The van der Waals surface area contributed by atoms with Crippen LogP contribution in [0.1, 0.15) is 32.1 Å². The van der Waals surface area contributed by atoms with E-state index in [-0.39, 0.29) is 5.92 Å². The summed E-state index contributed by atoms with van der Waals surface area (Å²) in [6.07, 6.45) is 4.09. The van der Waals surface area contributed by atoms with Crippen molar-refractivity contribution < 1.29 is 9.59 Å². The van der Waals surface area contributed by atoms with Crippen molar-refractivity contribution in [1.82, 2.24) is 0 Å². The van der Waals surface area contributed by atoms with Crippen LogP contribution in [0, 0.1) is 11.8 Å². The van der Waals surface area contributed by atoms with E-state index in [1.54, 1.807) is 0 Å². The standard InChI is InChI=1S/C13H22O2Si/c1-16(2,3)11-7-9-6-10(14)4-5-12(9)13(15)8-11/h9,11-12H,4-8H2,1-3H3/t9-,11-,12-/m0/s1. The highest BCUT2D eigenvalue weighted by Crippen LogP contribution is 2.45. The van der Waals surface area contributed by atoms with Crippen LogP contribution in [0.15, 0.2) is 0 Å². The molecule has 0 unspecified atom stereocenters. The molecule has 2 aliphatic rings. The van der Waals surface area contributed by atoms with Crippen LogP contribution in [-0.4, -0.2) is 19.6 Å². The first-order valence-corrected chi connectivity index (χ1v) is 10.00. The molecule has 0 radical (unpaired) electrons. The molecule has 0 bridgehead atoms. The Kier molecular flexibility index (Phi) is 3.08. The molecule has 2 saturated carbocycles. The van der Waals surface area contributed by atoms with Crippen LogP contribution in [0.5, 0.6) is 0 Å². The van der Waals surface area contributed by atoms with E-state index in [9.17, 15) is 9.59 Å². The van der Waals surface area contributed by atoms with Gasteiger partial charge in [0.25, 0.3) is 0 Å². The van der Waals surface area contributed by atoms with Crippen molar-refractivity contribution in [2.24, 2.45) is 11.8 Å². The first-order valence-electron chi connectivity index (χ1n) is 6.42. The molecule has 0 N–H and O–H groups in total. The minimum absolute atomic E-state index is 0.227. The Morgan fingerprint density at radius 1 is 1.12 bits per heavy atom. The van der Waals surface area contributed by atoms with E-state index in [1.165, 1.54) is 0 Å². The zero-order valence-electron chi connectivity index (χ0n) is 10.6. The molecule has 0 aliphatic heterocycles. The van der Waals surface area contributed by atoms with Crippen LogP contribution in [0.25, 0.3) is 0 Å². The fourth-order valence-electron chi connectivity index (χ4n) is 3.26. The molecule has 2 fully saturated rings. The first kappa shape index (κ1) is 12.0. The summed E-state index contributed by atoms with van der Waals surface area (Å²) in [5, 5.41) is 0. The van der Waals surface area contributed by atoms with Gasteiger partial charge in [-0.2, -0.15) is 0 Å². The fraction of sp³-hybridized carbons (Fsp3) is 0.846. The third-order valence-corrected chi connectivity index (χ3v) is 7.36. The molecule has 3 atom stereocenters. The Hall–Kier alpha value is -0.443. The van der Waals surface area contributed by atoms with Gasteiger partial charge in [0.15, 0.2) is 0 Å². The second-order valence-corrected chi connectivity index (χ2v) is 12.2. The van der Waals surface area contributed by atoms with E-state index < -0.39 is 8.07 Å². The number of Topliss-reactive ketones (excluding diaryl/α,β-unsaturated/α-hetero) is 2. The maximum atomic E-state index is 12.1. The Bertz CT molecular complexity index is 316. The SMILES string of the molecule is C[Si](C)(C)[C@@H]1CC(=O)[C@H]2CCC(=O)C[C@H]2C1. The van der Waals surface area contributed by atoms with Crippen LogP contribution >= 0.6 is 0 Å². The van der Waals surface area contributed by atoms with E-state index in [0.29, 0.717) is 35.9 Å². The average Bonchev–Trinajstić information content (AvgIpc) is 2.15. The van der Waals surface area contributed by atoms with Gasteiger partial charge in [-0.05, 0) is 24.3 Å². The Labute approximate surface area is 98.8 Å². The van der Waals surface area contributed by atoms with Gasteiger partial charge in [-0.1, -0.05) is 19.6 Å². The first-order chi connectivity index (χ1) is 7.38. The predicted molar refractivity (Wildman–Crippen MR) is 67.2 cm³/mol. The van der Waals surface area contributed by atoms with Crippen LogP contribution in [0.2, 0.25) is 25.2 Å². The summed E-state index contributed by atoms with van der Waals surface area (Å²) in [4.78, 5) is 23.6. The lowest BCUT2D eigenvalue weighted by molar-refractivity contribution is -0.132. The number of rotatable bonds is 1. The second-order valence-electron chi connectivity index (χ2n) is 6.62. The highest BCUT2D eigenvalue weighted by molar-refractivity contribution is 6.77. The van der Waals surface area contributed by atoms with Crippen molar-refractivity contribution in [3.05, 3.63) is 0 Å². The molecule has 0 aromatic rings. The number of fused-ring (bicyclic) bond motifs is 1. The third-order valence-electron chi connectivity index (χ3n) is 4.47. The normalized spacial score (nSPS) is 36.1. The zero-order chi connectivity index (χ0) is 11.9. The van der Waals surface area contributed by atoms with Crippen LogP contribution in [0.3, 0.4) is 0 Å². The Morgan fingerprint density at radius 3 is 2.44 bits per heavy atom. The molecular formula is C13H22O2Si. The van der Waals surface area contributed by atoms with E-state index >= 15 is 0 Å². The minimum atomic E-state index is -1.23. The molecule has 0 spiro atoms. The lowest BCUT2D eigenvalue weighted by atomic mass is 9.69. The van der Waals surface area contributed by atoms with Crippen molar-refractivity contribution in [3.63, 3.8) is 0 Å². The van der Waals surface area contributed by atoms with E-state index in [4.69, 9.17) is 0 Å². The highest BCUT2D eigenvalue weighted by atomic mass is 28.3. The largest absolute Gasteiger partial charge is 0.300 e. The molecule has 2 nitrogen and oxygen atoms in total. The van der Waals surface area contributed by atoms with Gasteiger partial charge < -0.3 is 0 Å². The predicted octanol–water partition coefficient (Wildman–Crippen LogP) is 3.04. The molecule has 0 aromatic carbocycles. The number of hydrogen-bond donors (Lipinski definition) is 0. The summed E-state index contributed by atoms with van der Waals surface area (Å²) < 4.78 is 0. The van der Waals surface area contributed by atoms with Crippen molar-refractivity contribution >= 4 is 19.6 Å². The average molecular weight is 238 g/mol. The van der Waals surface area contributed by atoms with Crippen LogP contribution in [-0.2, 0) is 9.59 Å². The topological polar surface area (TPSA) is 34.1 Å². The van der Waals surface area contributed by atoms with Crippen molar-refractivity contribution in [3.8, 4) is 0 Å². The second kappa shape index (κ2) is 4.10. The molecule has 3 heteroatoms. The molecule has 0 amide bonds. The molecule has 16 heavy (non-hydrogen) atoms. The van der Waals surface area contributed by atoms with Gasteiger partial charge in [-0.15, -0.1) is 0 Å². The maximum absolute atomic E-state index is 12.1. The smallest absolute Gasteiger partial charge is 0.136 e. The summed E-state index contributed by atoms with van der Waals surface area (Å²) in [5.74, 6) is 1.45. The van der Waals surface area contributed by atoms with Gasteiger partial charge in [0.2, 0.25) is 0 Å². The quantitative estimate of drug-likeness (QED) is 0.658. The number of hydrogen-bond acceptors (Lipinski definition) is 2. The summed E-state index contributed by atoms with van der Waals surface area (Å²) in [7, 11) is -1.23. The lowest BCUT2D eigenvalue weighted by Crippen LogP contribution is -2.42. The number of carbonyl (C=O) groups excluding carboxylic acids is 2. The maximum Gasteiger partial charge on any atom is 0.136 e. The summed E-state index contributed by atoms with van der Waals surface area (Å²) in [6.45, 7) is 7.03. The van der Waals surface area contributed by atoms with E-state index in [0.717, 1.165) is 19.3 Å². The van der Waals surface area contributed by atoms with E-state index in [2.05, 4.69) is 19.6 Å². The van der Waals surface area contributed by atoms with E-state index in [1.807, 2.05) is 0 Å². The van der Waals surface area contributed by atoms with Gasteiger partial charge >= 0.3 is 0 Å². The van der Waals surface area contributed by atoms with Gasteiger partial charge in [0.1, 0.15) is 11.6 Å². The molecule has 0 heterocycles. The minimum Gasteiger partial charge on any atom is -0.300 e. The van der Waals surface area contributed by atoms with Crippen LogP contribution < -0.4 is 0 Å². The van der Waals surface area contributed by atoms with Gasteiger partial charge in [-0.25, -0.2) is 0 Å². The van der Waals surface area contributed by atoms with Crippen molar-refractivity contribution in [1.29, 1.82) is 0 Å². The highest BCUT2D eigenvalue weighted by Gasteiger charge is 2.43. The lowest BCUT2D eigenvalue weighted by Gasteiger charge is -2.41. The summed E-state index contributed by atoms with van der Waals surface area (Å²) >= 11 is 0. The molecule has 2 rings (SSSR count). The van der Waals surface area contributed by atoms with Crippen molar-refractivity contribution in [2.45, 2.75) is 57.3 Å². The zero-order valence-corrected chi connectivity index (χ0v) is 11.6. The third kappa shape index (κ3) is 2.29. The van der Waals surface area contributed by atoms with Crippen molar-refractivity contribution in [2.75, 3.05) is 0 Å². The monoisotopic (exact) mass is 238 g/mol. The van der Waals surface area contributed by atoms with Gasteiger partial charge in [0, 0.05) is 33.3 Å². The summed E-state index contributed by atoms with van der Waals surface area (Å²) in [5.41, 5.74) is 0.604. The molecular weight excluding hydrogens is 216 g/mol. The summed E-state index contributed by atoms with van der Waals surface area (Å²) in [6, 6.07) is 0. The molecule has 0 aromatic heterocycles. The fourth-order valence-corrected chi connectivity index (χ4v) is 5.09. The molecule has 90 valence electrons. The van der Waals surface area contributed by atoms with Crippen LogP contribution in [0.4, 0.5) is 0 Å². The van der Waals surface area contributed by atoms with Gasteiger partial charge in [-0.3, -0.25) is 9.59 Å². The molecule has 2 aliphatic carbocycles. The Balaban J connectivity index is 2.12. The molecule has 0 saturated heterocycles. The Morgan fingerprint density at radius 2 is 1.81 bits per heavy atom. The number of ketones is 2. The number of carbonyl (C=O) groups is 2.